The first-order valence-electron chi connectivity index (χ1n) is 4.67. The van der Waals surface area contributed by atoms with Gasteiger partial charge in [0.25, 0.3) is 0 Å². The summed E-state index contributed by atoms with van der Waals surface area (Å²) in [4.78, 5) is 10.4. The van der Waals surface area contributed by atoms with Crippen molar-refractivity contribution in [2.24, 2.45) is 5.73 Å². The quantitative estimate of drug-likeness (QED) is 0.537. The lowest BCUT2D eigenvalue weighted by Gasteiger charge is -2.11. The Kier molecular flexibility index (Phi) is 7.63. The predicted molar refractivity (Wildman–Crippen MR) is 52.4 cm³/mol. The monoisotopic (exact) mass is 188 g/mol. The van der Waals surface area contributed by atoms with Crippen molar-refractivity contribution >= 4 is 5.91 Å². The Morgan fingerprint density at radius 2 is 2.23 bits per heavy atom. The number of amides is 1. The first kappa shape index (κ1) is 12.4. The average molecular weight is 188 g/mol. The van der Waals surface area contributed by atoms with E-state index in [9.17, 15) is 4.79 Å². The topological polar surface area (TPSA) is 64.3 Å². The van der Waals surface area contributed by atoms with Gasteiger partial charge in [-0.25, -0.2) is 0 Å². The Morgan fingerprint density at radius 1 is 1.54 bits per heavy atom. The fourth-order valence-electron chi connectivity index (χ4n) is 1.08. The zero-order valence-electron chi connectivity index (χ0n) is 8.51. The number of nitrogens with two attached hydrogens (primary N) is 1. The molecule has 3 N–H and O–H groups in total. The highest BCUT2D eigenvalue weighted by Gasteiger charge is 1.99. The lowest BCUT2D eigenvalue weighted by Crippen LogP contribution is -2.30. The van der Waals surface area contributed by atoms with E-state index in [-0.39, 0.29) is 5.91 Å². The van der Waals surface area contributed by atoms with E-state index < -0.39 is 0 Å². The number of hydrogen-bond donors (Lipinski definition) is 2. The normalized spacial score (nSPS) is 12.8. The SMILES string of the molecule is COCC(C)NCCCCC(N)=O. The molecule has 0 saturated heterocycles. The van der Waals surface area contributed by atoms with Gasteiger partial charge >= 0.3 is 0 Å². The number of carbonyl (C=O) groups excluding carboxylic acids is 1. The summed E-state index contributed by atoms with van der Waals surface area (Å²) in [5.74, 6) is -0.218. The lowest BCUT2D eigenvalue weighted by atomic mass is 10.2. The molecule has 0 heterocycles. The summed E-state index contributed by atoms with van der Waals surface area (Å²) in [6, 6.07) is 0.374. The summed E-state index contributed by atoms with van der Waals surface area (Å²) >= 11 is 0. The van der Waals surface area contributed by atoms with Crippen LogP contribution in [0.2, 0.25) is 0 Å². The second kappa shape index (κ2) is 8.01. The van der Waals surface area contributed by atoms with E-state index in [1.165, 1.54) is 0 Å². The molecular formula is C9H20N2O2. The molecule has 0 spiro atoms. The summed E-state index contributed by atoms with van der Waals surface area (Å²) in [6.45, 7) is 3.70. The minimum Gasteiger partial charge on any atom is -0.383 e. The van der Waals surface area contributed by atoms with Gasteiger partial charge < -0.3 is 15.8 Å². The van der Waals surface area contributed by atoms with E-state index in [0.717, 1.165) is 26.0 Å². The first-order valence-corrected chi connectivity index (χ1v) is 4.67. The van der Waals surface area contributed by atoms with E-state index in [4.69, 9.17) is 10.5 Å². The Hall–Kier alpha value is -0.610. The molecule has 78 valence electrons. The summed E-state index contributed by atoms with van der Waals surface area (Å²) < 4.78 is 4.96. The number of rotatable bonds is 8. The van der Waals surface area contributed by atoms with Crippen LogP contribution in [0.15, 0.2) is 0 Å². The number of unbranched alkanes of at least 4 members (excludes halogenated alkanes) is 1. The molecule has 1 atom stereocenters. The third-order valence-corrected chi connectivity index (χ3v) is 1.76. The fourth-order valence-corrected chi connectivity index (χ4v) is 1.08. The summed E-state index contributed by atoms with van der Waals surface area (Å²) in [5.41, 5.74) is 5.00. The van der Waals surface area contributed by atoms with Gasteiger partial charge in [-0.3, -0.25) is 4.79 Å². The zero-order chi connectivity index (χ0) is 10.1. The molecule has 0 aromatic heterocycles. The van der Waals surface area contributed by atoms with Crippen molar-refractivity contribution in [3.63, 3.8) is 0 Å². The van der Waals surface area contributed by atoms with Gasteiger partial charge in [0, 0.05) is 19.6 Å². The van der Waals surface area contributed by atoms with Crippen LogP contribution in [0, 0.1) is 0 Å². The molecule has 0 aliphatic heterocycles. The Morgan fingerprint density at radius 3 is 2.77 bits per heavy atom. The van der Waals surface area contributed by atoms with Crippen LogP contribution in [-0.4, -0.2) is 32.2 Å². The predicted octanol–water partition coefficient (Wildman–Crippen LogP) is 0.267. The molecule has 0 radical (unpaired) electrons. The van der Waals surface area contributed by atoms with Crippen molar-refractivity contribution in [2.75, 3.05) is 20.3 Å². The van der Waals surface area contributed by atoms with Gasteiger partial charge in [-0.15, -0.1) is 0 Å². The molecule has 1 unspecified atom stereocenters. The number of nitrogens with one attached hydrogen (secondary N) is 1. The Labute approximate surface area is 79.8 Å². The highest BCUT2D eigenvalue weighted by atomic mass is 16.5. The van der Waals surface area contributed by atoms with E-state index in [1.54, 1.807) is 7.11 Å². The highest BCUT2D eigenvalue weighted by Crippen LogP contribution is 1.93. The number of hydrogen-bond acceptors (Lipinski definition) is 3. The molecule has 0 aromatic carbocycles. The van der Waals surface area contributed by atoms with Crippen LogP contribution in [0.3, 0.4) is 0 Å². The van der Waals surface area contributed by atoms with E-state index in [2.05, 4.69) is 12.2 Å². The number of carbonyl (C=O) groups is 1. The van der Waals surface area contributed by atoms with Crippen molar-refractivity contribution in [1.82, 2.24) is 5.32 Å². The van der Waals surface area contributed by atoms with Crippen molar-refractivity contribution in [1.29, 1.82) is 0 Å². The molecule has 0 aromatic rings. The second-order valence-electron chi connectivity index (χ2n) is 3.23. The van der Waals surface area contributed by atoms with Gasteiger partial charge in [0.1, 0.15) is 0 Å². The largest absolute Gasteiger partial charge is 0.383 e. The summed E-state index contributed by atoms with van der Waals surface area (Å²) in [6.07, 6.45) is 2.33. The van der Waals surface area contributed by atoms with Gasteiger partial charge in [0.15, 0.2) is 0 Å². The number of methoxy groups -OCH3 is 1. The fraction of sp³-hybridized carbons (Fsp3) is 0.889. The van der Waals surface area contributed by atoms with Crippen LogP contribution < -0.4 is 11.1 Å². The first-order chi connectivity index (χ1) is 6.16. The van der Waals surface area contributed by atoms with E-state index >= 15 is 0 Å². The van der Waals surface area contributed by atoms with Crippen LogP contribution in [0.1, 0.15) is 26.2 Å². The molecule has 1 amide bonds. The maximum Gasteiger partial charge on any atom is 0.217 e. The smallest absolute Gasteiger partial charge is 0.217 e. The molecule has 4 nitrogen and oxygen atoms in total. The summed E-state index contributed by atoms with van der Waals surface area (Å²) in [7, 11) is 1.69. The molecule has 0 bridgehead atoms. The number of ether oxygens (including phenoxy) is 1. The minimum atomic E-state index is -0.218. The van der Waals surface area contributed by atoms with Crippen molar-refractivity contribution < 1.29 is 9.53 Å². The van der Waals surface area contributed by atoms with E-state index in [1.807, 2.05) is 0 Å². The molecule has 13 heavy (non-hydrogen) atoms. The maximum absolute atomic E-state index is 10.4. The van der Waals surface area contributed by atoms with Crippen LogP contribution in [0.4, 0.5) is 0 Å². The van der Waals surface area contributed by atoms with Crippen molar-refractivity contribution in [3.8, 4) is 0 Å². The highest BCUT2D eigenvalue weighted by molar-refractivity contribution is 5.73. The minimum absolute atomic E-state index is 0.218. The lowest BCUT2D eigenvalue weighted by molar-refractivity contribution is -0.118. The third kappa shape index (κ3) is 9.30. The molecule has 0 rings (SSSR count). The van der Waals surface area contributed by atoms with Crippen LogP contribution >= 0.6 is 0 Å². The van der Waals surface area contributed by atoms with Crippen molar-refractivity contribution in [2.45, 2.75) is 32.2 Å². The van der Waals surface area contributed by atoms with Crippen LogP contribution in [0.5, 0.6) is 0 Å². The molecule has 0 aliphatic carbocycles. The maximum atomic E-state index is 10.4. The van der Waals surface area contributed by atoms with Gasteiger partial charge in [-0.05, 0) is 26.3 Å². The van der Waals surface area contributed by atoms with Gasteiger partial charge in [-0.1, -0.05) is 0 Å². The zero-order valence-corrected chi connectivity index (χ0v) is 8.51. The second-order valence-corrected chi connectivity index (χ2v) is 3.23. The average Bonchev–Trinajstić information content (AvgIpc) is 2.03. The Bertz CT molecular complexity index is 140. The molecule has 0 aliphatic rings. The van der Waals surface area contributed by atoms with Crippen LogP contribution in [0.25, 0.3) is 0 Å². The van der Waals surface area contributed by atoms with Crippen molar-refractivity contribution in [3.05, 3.63) is 0 Å². The van der Waals surface area contributed by atoms with Crippen LogP contribution in [-0.2, 0) is 9.53 Å². The molecule has 0 fully saturated rings. The van der Waals surface area contributed by atoms with Gasteiger partial charge in [0.05, 0.1) is 6.61 Å². The summed E-state index contributed by atoms with van der Waals surface area (Å²) in [5, 5.41) is 3.28. The molecule has 0 saturated carbocycles. The third-order valence-electron chi connectivity index (χ3n) is 1.76. The van der Waals surface area contributed by atoms with Gasteiger partial charge in [0.2, 0.25) is 5.91 Å². The Balaban J connectivity index is 3.11. The number of primary amides is 1. The molecule has 4 heteroatoms. The van der Waals surface area contributed by atoms with E-state index in [0.29, 0.717) is 12.5 Å². The van der Waals surface area contributed by atoms with Gasteiger partial charge in [-0.2, -0.15) is 0 Å². The molecular weight excluding hydrogens is 168 g/mol. The standard InChI is InChI=1S/C9H20N2O2/c1-8(7-13-2)11-6-4-3-5-9(10)12/h8,11H,3-7H2,1-2H3,(H2,10,12).